The van der Waals surface area contributed by atoms with E-state index in [1.54, 1.807) is 12.1 Å². The van der Waals surface area contributed by atoms with Gasteiger partial charge in [-0.2, -0.15) is 0 Å². The molecular weight excluding hydrogens is 202 g/mol. The third-order valence-corrected chi connectivity index (χ3v) is 2.13. The normalized spacial score (nSPS) is 11.5. The molecule has 0 radical (unpaired) electrons. The Bertz CT molecular complexity index is 392. The molecule has 1 unspecified atom stereocenters. The summed E-state index contributed by atoms with van der Waals surface area (Å²) in [6.45, 7) is 1.92. The second-order valence-corrected chi connectivity index (χ2v) is 3.45. The van der Waals surface area contributed by atoms with E-state index in [-0.39, 0.29) is 18.4 Å². The van der Waals surface area contributed by atoms with Gasteiger partial charge in [-0.15, -0.1) is 6.42 Å². The summed E-state index contributed by atoms with van der Waals surface area (Å²) in [5.41, 5.74) is 6.75. The van der Waals surface area contributed by atoms with E-state index in [0.717, 1.165) is 6.42 Å². The molecule has 0 saturated carbocycles. The lowest BCUT2D eigenvalue weighted by molar-refractivity contribution is -0.120. The quantitative estimate of drug-likeness (QED) is 0.731. The first kappa shape index (κ1) is 12.1. The fourth-order valence-electron chi connectivity index (χ4n) is 1.21. The predicted octanol–water partition coefficient (Wildman–Crippen LogP) is 0.734. The first-order chi connectivity index (χ1) is 7.65. The Hall–Kier alpha value is -2.02. The van der Waals surface area contributed by atoms with Gasteiger partial charge in [-0.05, 0) is 18.6 Å². The van der Waals surface area contributed by atoms with E-state index >= 15 is 0 Å². The summed E-state index contributed by atoms with van der Waals surface area (Å²) in [5.74, 6) is 2.38. The van der Waals surface area contributed by atoms with E-state index in [1.165, 1.54) is 6.20 Å². The van der Waals surface area contributed by atoms with E-state index in [1.807, 2.05) is 6.92 Å². The molecule has 0 aliphatic heterocycles. The number of rotatable bonds is 4. The van der Waals surface area contributed by atoms with E-state index < -0.39 is 0 Å². The van der Waals surface area contributed by atoms with Crippen molar-refractivity contribution in [3.63, 3.8) is 0 Å². The lowest BCUT2D eigenvalue weighted by Crippen LogP contribution is -2.34. The Kier molecular flexibility index (Phi) is 4.34. The minimum Gasteiger partial charge on any atom is -0.397 e. The van der Waals surface area contributed by atoms with Gasteiger partial charge < -0.3 is 11.1 Å². The molecule has 1 atom stereocenters. The Morgan fingerprint density at radius 1 is 1.69 bits per heavy atom. The van der Waals surface area contributed by atoms with Crippen molar-refractivity contribution in [3.8, 4) is 12.3 Å². The Balaban J connectivity index is 2.52. The molecule has 1 heterocycles. The highest BCUT2D eigenvalue weighted by Gasteiger charge is 2.08. The lowest BCUT2D eigenvalue weighted by atomic mass is 10.2. The van der Waals surface area contributed by atoms with Crippen molar-refractivity contribution in [1.82, 2.24) is 10.3 Å². The summed E-state index contributed by atoms with van der Waals surface area (Å²) < 4.78 is 0. The van der Waals surface area contributed by atoms with Crippen LogP contribution < -0.4 is 11.1 Å². The first-order valence-electron chi connectivity index (χ1n) is 5.11. The van der Waals surface area contributed by atoms with Crippen LogP contribution in [-0.2, 0) is 11.2 Å². The largest absolute Gasteiger partial charge is 0.397 e. The van der Waals surface area contributed by atoms with Crippen LogP contribution in [0.2, 0.25) is 0 Å². The minimum absolute atomic E-state index is 0.123. The first-order valence-corrected chi connectivity index (χ1v) is 5.11. The molecular formula is C12H15N3O. The van der Waals surface area contributed by atoms with Crippen molar-refractivity contribution in [3.05, 3.63) is 24.0 Å². The van der Waals surface area contributed by atoms with Gasteiger partial charge in [0.2, 0.25) is 5.91 Å². The molecule has 1 rings (SSSR count). The van der Waals surface area contributed by atoms with Crippen LogP contribution in [0.4, 0.5) is 5.69 Å². The highest BCUT2D eigenvalue weighted by atomic mass is 16.1. The number of carbonyl (C=O) groups is 1. The summed E-state index contributed by atoms with van der Waals surface area (Å²) >= 11 is 0. The maximum atomic E-state index is 11.5. The van der Waals surface area contributed by atoms with Gasteiger partial charge in [0.05, 0.1) is 24.3 Å². The van der Waals surface area contributed by atoms with E-state index in [0.29, 0.717) is 11.4 Å². The number of terminal acetylenes is 1. The lowest BCUT2D eigenvalue weighted by Gasteiger charge is -2.10. The zero-order valence-electron chi connectivity index (χ0n) is 9.23. The number of nitrogens with one attached hydrogen (secondary N) is 1. The number of nitrogens with zero attached hydrogens (tertiary/aromatic N) is 1. The molecule has 0 aliphatic carbocycles. The monoisotopic (exact) mass is 217 g/mol. The fourth-order valence-corrected chi connectivity index (χ4v) is 1.21. The minimum atomic E-state index is -0.207. The van der Waals surface area contributed by atoms with Crippen LogP contribution in [0.5, 0.6) is 0 Å². The second kappa shape index (κ2) is 5.76. The third-order valence-electron chi connectivity index (χ3n) is 2.13. The maximum absolute atomic E-state index is 11.5. The molecule has 0 spiro atoms. The molecule has 4 heteroatoms. The number of amides is 1. The molecule has 1 aromatic rings. The number of anilines is 1. The third kappa shape index (κ3) is 3.62. The number of nitrogen functional groups attached to an aromatic ring is 1. The average Bonchev–Trinajstić information content (AvgIpc) is 2.29. The van der Waals surface area contributed by atoms with Gasteiger partial charge in [0.1, 0.15) is 0 Å². The van der Waals surface area contributed by atoms with E-state index in [9.17, 15) is 4.79 Å². The van der Waals surface area contributed by atoms with Crippen molar-refractivity contribution in [2.24, 2.45) is 0 Å². The van der Waals surface area contributed by atoms with Gasteiger partial charge in [-0.1, -0.05) is 12.8 Å². The molecule has 16 heavy (non-hydrogen) atoms. The zero-order chi connectivity index (χ0) is 12.0. The topological polar surface area (TPSA) is 68.0 Å². The van der Waals surface area contributed by atoms with Crippen molar-refractivity contribution in [2.45, 2.75) is 25.8 Å². The molecule has 0 aromatic carbocycles. The molecule has 1 amide bonds. The van der Waals surface area contributed by atoms with Crippen molar-refractivity contribution >= 4 is 11.6 Å². The van der Waals surface area contributed by atoms with Gasteiger partial charge >= 0.3 is 0 Å². The Labute approximate surface area is 95.3 Å². The van der Waals surface area contributed by atoms with Crippen molar-refractivity contribution < 1.29 is 4.79 Å². The van der Waals surface area contributed by atoms with Gasteiger partial charge in [-0.3, -0.25) is 9.78 Å². The van der Waals surface area contributed by atoms with E-state index in [2.05, 4.69) is 16.2 Å². The zero-order valence-corrected chi connectivity index (χ0v) is 9.23. The van der Waals surface area contributed by atoms with Crippen LogP contribution in [0, 0.1) is 12.3 Å². The van der Waals surface area contributed by atoms with Gasteiger partial charge in [0.15, 0.2) is 0 Å². The van der Waals surface area contributed by atoms with Crippen LogP contribution in [0.25, 0.3) is 0 Å². The summed E-state index contributed by atoms with van der Waals surface area (Å²) in [7, 11) is 0. The predicted molar refractivity (Wildman–Crippen MR) is 63.4 cm³/mol. The number of aromatic nitrogens is 1. The number of nitrogens with two attached hydrogens (primary N) is 1. The molecule has 0 bridgehead atoms. The number of hydrogen-bond acceptors (Lipinski definition) is 3. The highest BCUT2D eigenvalue weighted by molar-refractivity contribution is 5.78. The molecule has 0 aliphatic rings. The van der Waals surface area contributed by atoms with Crippen LogP contribution >= 0.6 is 0 Å². The number of hydrogen-bond donors (Lipinski definition) is 2. The Morgan fingerprint density at radius 2 is 2.44 bits per heavy atom. The van der Waals surface area contributed by atoms with Gasteiger partial charge in [0, 0.05) is 5.69 Å². The van der Waals surface area contributed by atoms with Crippen molar-refractivity contribution in [2.75, 3.05) is 5.73 Å². The van der Waals surface area contributed by atoms with Crippen LogP contribution in [0.3, 0.4) is 0 Å². The van der Waals surface area contributed by atoms with Crippen molar-refractivity contribution in [1.29, 1.82) is 0 Å². The molecule has 1 aromatic heterocycles. The van der Waals surface area contributed by atoms with Gasteiger partial charge in [-0.25, -0.2) is 0 Å². The Morgan fingerprint density at radius 3 is 2.94 bits per heavy atom. The molecule has 0 fully saturated rings. The fraction of sp³-hybridized carbons (Fsp3) is 0.333. The summed E-state index contributed by atoms with van der Waals surface area (Å²) in [6.07, 6.45) is 7.72. The SMILES string of the molecule is C#CC(CC)NC(=O)Cc1ccc(N)cn1. The average molecular weight is 217 g/mol. The summed E-state index contributed by atoms with van der Waals surface area (Å²) in [6, 6.07) is 3.24. The van der Waals surface area contributed by atoms with Crippen LogP contribution in [0.1, 0.15) is 19.0 Å². The van der Waals surface area contributed by atoms with Crippen LogP contribution in [0.15, 0.2) is 18.3 Å². The molecule has 4 nitrogen and oxygen atoms in total. The van der Waals surface area contributed by atoms with E-state index in [4.69, 9.17) is 12.2 Å². The standard InChI is InChI=1S/C12H15N3O/c1-3-10(4-2)15-12(16)7-11-6-5-9(13)8-14-11/h1,5-6,8,10H,4,7,13H2,2H3,(H,15,16). The summed E-state index contributed by atoms with van der Waals surface area (Å²) in [5, 5.41) is 2.73. The smallest absolute Gasteiger partial charge is 0.226 e. The summed E-state index contributed by atoms with van der Waals surface area (Å²) in [4.78, 5) is 15.6. The maximum Gasteiger partial charge on any atom is 0.226 e. The number of carbonyl (C=O) groups excluding carboxylic acids is 1. The number of pyridine rings is 1. The highest BCUT2D eigenvalue weighted by Crippen LogP contribution is 2.02. The second-order valence-electron chi connectivity index (χ2n) is 3.45. The molecule has 0 saturated heterocycles. The van der Waals surface area contributed by atoms with Crippen LogP contribution in [-0.4, -0.2) is 16.9 Å². The van der Waals surface area contributed by atoms with Gasteiger partial charge in [0.25, 0.3) is 0 Å². The molecule has 3 N–H and O–H groups in total. The molecule has 84 valence electrons.